The maximum atomic E-state index is 12.7. The minimum atomic E-state index is 0.0404. The Morgan fingerprint density at radius 2 is 1.52 bits per heavy atom. The first-order valence-electron chi connectivity index (χ1n) is 6.65. The molecular formula is C18H10ClNO. The van der Waals surface area contributed by atoms with E-state index >= 15 is 0 Å². The SMILES string of the molecule is O=C1c2ccccc2-c2nccc(-c3ccc(Cl)cc3)c21. The largest absolute Gasteiger partial charge is 0.288 e. The molecule has 4 rings (SSSR count). The second kappa shape index (κ2) is 4.54. The van der Waals surface area contributed by atoms with E-state index in [1.165, 1.54) is 0 Å². The molecule has 0 unspecified atom stereocenters. The van der Waals surface area contributed by atoms with Crippen LogP contribution < -0.4 is 0 Å². The second-order valence-electron chi connectivity index (χ2n) is 4.96. The molecule has 2 aromatic carbocycles. The minimum Gasteiger partial charge on any atom is -0.288 e. The van der Waals surface area contributed by atoms with Gasteiger partial charge in [-0.25, -0.2) is 0 Å². The zero-order valence-corrected chi connectivity index (χ0v) is 11.8. The predicted octanol–water partition coefficient (Wildman–Crippen LogP) is 4.61. The van der Waals surface area contributed by atoms with E-state index in [9.17, 15) is 4.79 Å². The van der Waals surface area contributed by atoms with Gasteiger partial charge in [-0.1, -0.05) is 48.0 Å². The van der Waals surface area contributed by atoms with Gasteiger partial charge in [0.15, 0.2) is 5.78 Å². The number of pyridine rings is 1. The van der Waals surface area contributed by atoms with Gasteiger partial charge in [-0.05, 0) is 29.3 Å². The number of benzene rings is 2. The van der Waals surface area contributed by atoms with Crippen molar-refractivity contribution in [1.29, 1.82) is 0 Å². The van der Waals surface area contributed by atoms with Crippen LogP contribution in [0.15, 0.2) is 60.8 Å². The molecule has 0 aliphatic heterocycles. The van der Waals surface area contributed by atoms with Crippen molar-refractivity contribution in [1.82, 2.24) is 4.98 Å². The number of fused-ring (bicyclic) bond motifs is 3. The van der Waals surface area contributed by atoms with Gasteiger partial charge in [0.05, 0.1) is 11.3 Å². The van der Waals surface area contributed by atoms with Crippen LogP contribution >= 0.6 is 11.6 Å². The van der Waals surface area contributed by atoms with E-state index < -0.39 is 0 Å². The fraction of sp³-hybridized carbons (Fsp3) is 0. The average molecular weight is 292 g/mol. The monoisotopic (exact) mass is 291 g/mol. The van der Waals surface area contributed by atoms with Crippen LogP contribution in [0.1, 0.15) is 15.9 Å². The van der Waals surface area contributed by atoms with Crippen LogP contribution in [0.2, 0.25) is 5.02 Å². The number of ketones is 1. The average Bonchev–Trinajstić information content (AvgIpc) is 2.82. The molecule has 21 heavy (non-hydrogen) atoms. The first kappa shape index (κ1) is 12.3. The zero-order chi connectivity index (χ0) is 14.4. The molecule has 0 saturated carbocycles. The molecule has 0 radical (unpaired) electrons. The highest BCUT2D eigenvalue weighted by molar-refractivity contribution is 6.30. The fourth-order valence-electron chi connectivity index (χ4n) is 2.79. The fourth-order valence-corrected chi connectivity index (χ4v) is 2.91. The smallest absolute Gasteiger partial charge is 0.196 e. The van der Waals surface area contributed by atoms with Crippen molar-refractivity contribution in [3.05, 3.63) is 76.9 Å². The summed E-state index contributed by atoms with van der Waals surface area (Å²) < 4.78 is 0. The number of aromatic nitrogens is 1. The molecule has 1 aliphatic rings. The Balaban J connectivity index is 1.98. The molecule has 0 bridgehead atoms. The van der Waals surface area contributed by atoms with Gasteiger partial charge >= 0.3 is 0 Å². The van der Waals surface area contributed by atoms with Gasteiger partial charge in [0.1, 0.15) is 0 Å². The van der Waals surface area contributed by atoms with Crippen molar-refractivity contribution in [3.63, 3.8) is 0 Å². The zero-order valence-electron chi connectivity index (χ0n) is 11.0. The van der Waals surface area contributed by atoms with Crippen LogP contribution in [0, 0.1) is 0 Å². The lowest BCUT2D eigenvalue weighted by atomic mass is 9.98. The van der Waals surface area contributed by atoms with Gasteiger partial charge in [0.25, 0.3) is 0 Å². The molecule has 1 aromatic heterocycles. The molecule has 0 spiro atoms. The maximum Gasteiger partial charge on any atom is 0.196 e. The van der Waals surface area contributed by atoms with Crippen LogP contribution in [0.25, 0.3) is 22.4 Å². The second-order valence-corrected chi connectivity index (χ2v) is 5.40. The topological polar surface area (TPSA) is 30.0 Å². The first-order chi connectivity index (χ1) is 10.3. The normalized spacial score (nSPS) is 12.1. The Kier molecular flexibility index (Phi) is 2.66. The van der Waals surface area contributed by atoms with E-state index in [4.69, 9.17) is 11.6 Å². The van der Waals surface area contributed by atoms with Gasteiger partial charge in [-0.3, -0.25) is 9.78 Å². The summed E-state index contributed by atoms with van der Waals surface area (Å²) in [7, 11) is 0. The Morgan fingerprint density at radius 3 is 2.29 bits per heavy atom. The standard InChI is InChI=1S/C18H10ClNO/c19-12-7-5-11(6-8-12)13-9-10-20-17-14-3-1-2-4-15(14)18(21)16(13)17/h1-10H. The number of nitrogens with zero attached hydrogens (tertiary/aromatic N) is 1. The number of carbonyl (C=O) groups excluding carboxylic acids is 1. The van der Waals surface area contributed by atoms with Gasteiger partial charge in [0.2, 0.25) is 0 Å². The Hall–Kier alpha value is -2.45. The number of carbonyl (C=O) groups is 1. The lowest BCUT2D eigenvalue weighted by Crippen LogP contribution is -1.98. The molecule has 0 saturated heterocycles. The maximum absolute atomic E-state index is 12.7. The molecular weight excluding hydrogens is 282 g/mol. The molecule has 1 heterocycles. The number of rotatable bonds is 1. The van der Waals surface area contributed by atoms with Crippen LogP contribution in [-0.2, 0) is 0 Å². The molecule has 1 aliphatic carbocycles. The Labute approximate surface area is 127 Å². The quantitative estimate of drug-likeness (QED) is 0.512. The van der Waals surface area contributed by atoms with Gasteiger partial charge in [-0.2, -0.15) is 0 Å². The lowest BCUT2D eigenvalue weighted by molar-refractivity contribution is 0.104. The highest BCUT2D eigenvalue weighted by atomic mass is 35.5. The molecule has 100 valence electrons. The van der Waals surface area contributed by atoms with Crippen molar-refractivity contribution in [2.75, 3.05) is 0 Å². The summed E-state index contributed by atoms with van der Waals surface area (Å²) in [6.45, 7) is 0. The Morgan fingerprint density at radius 1 is 0.810 bits per heavy atom. The third-order valence-electron chi connectivity index (χ3n) is 3.76. The first-order valence-corrected chi connectivity index (χ1v) is 7.02. The summed E-state index contributed by atoms with van der Waals surface area (Å²) in [5.74, 6) is 0.0404. The van der Waals surface area contributed by atoms with Gasteiger partial charge in [-0.15, -0.1) is 0 Å². The van der Waals surface area contributed by atoms with Crippen molar-refractivity contribution in [2.45, 2.75) is 0 Å². The number of hydrogen-bond donors (Lipinski definition) is 0. The number of halogens is 1. The van der Waals surface area contributed by atoms with E-state index in [1.807, 2.05) is 54.6 Å². The molecule has 0 atom stereocenters. The highest BCUT2D eigenvalue weighted by Gasteiger charge is 2.30. The van der Waals surface area contributed by atoms with E-state index in [1.54, 1.807) is 6.20 Å². The lowest BCUT2D eigenvalue weighted by Gasteiger charge is -2.07. The third kappa shape index (κ3) is 1.80. The summed E-state index contributed by atoms with van der Waals surface area (Å²) in [6, 6.07) is 17.0. The van der Waals surface area contributed by atoms with E-state index in [0.717, 1.165) is 27.9 Å². The van der Waals surface area contributed by atoms with Crippen molar-refractivity contribution >= 4 is 17.4 Å². The van der Waals surface area contributed by atoms with Gasteiger partial charge in [0, 0.05) is 22.3 Å². The highest BCUT2D eigenvalue weighted by Crippen LogP contribution is 2.39. The van der Waals surface area contributed by atoms with Crippen molar-refractivity contribution in [3.8, 4) is 22.4 Å². The van der Waals surface area contributed by atoms with E-state index in [-0.39, 0.29) is 5.78 Å². The summed E-state index contributed by atoms with van der Waals surface area (Å²) in [5.41, 5.74) is 4.95. The van der Waals surface area contributed by atoms with Crippen molar-refractivity contribution < 1.29 is 4.79 Å². The summed E-state index contributed by atoms with van der Waals surface area (Å²) in [4.78, 5) is 17.1. The molecule has 0 amide bonds. The third-order valence-corrected chi connectivity index (χ3v) is 4.01. The predicted molar refractivity (Wildman–Crippen MR) is 83.6 cm³/mol. The summed E-state index contributed by atoms with van der Waals surface area (Å²) in [5, 5.41) is 0.680. The van der Waals surface area contributed by atoms with E-state index in [0.29, 0.717) is 10.6 Å². The van der Waals surface area contributed by atoms with Crippen LogP contribution in [-0.4, -0.2) is 10.8 Å². The van der Waals surface area contributed by atoms with Crippen LogP contribution in [0.4, 0.5) is 0 Å². The molecule has 3 heteroatoms. The van der Waals surface area contributed by atoms with Gasteiger partial charge < -0.3 is 0 Å². The molecule has 0 N–H and O–H groups in total. The Bertz CT molecular complexity index is 869. The molecule has 2 nitrogen and oxygen atoms in total. The minimum absolute atomic E-state index is 0.0404. The number of hydrogen-bond acceptors (Lipinski definition) is 2. The molecule has 0 fully saturated rings. The molecule has 3 aromatic rings. The summed E-state index contributed by atoms with van der Waals surface area (Å²) >= 11 is 5.94. The van der Waals surface area contributed by atoms with E-state index in [2.05, 4.69) is 4.98 Å². The van der Waals surface area contributed by atoms with Crippen molar-refractivity contribution in [2.24, 2.45) is 0 Å². The van der Waals surface area contributed by atoms with Crippen LogP contribution in [0.5, 0.6) is 0 Å². The van der Waals surface area contributed by atoms with Crippen LogP contribution in [0.3, 0.4) is 0 Å². The summed E-state index contributed by atoms with van der Waals surface area (Å²) in [6.07, 6.45) is 1.75.